The van der Waals surface area contributed by atoms with E-state index >= 15 is 0 Å². The molecule has 0 heterocycles. The highest BCUT2D eigenvalue weighted by Crippen LogP contribution is 2.15. The Labute approximate surface area is 384 Å². The van der Waals surface area contributed by atoms with Crippen LogP contribution in [-0.2, 0) is 28.6 Å². The number of hydrogen-bond donors (Lipinski definition) is 0. The van der Waals surface area contributed by atoms with Gasteiger partial charge in [-0.15, -0.1) is 0 Å². The minimum absolute atomic E-state index is 0.0815. The number of ether oxygens (including phenoxy) is 3. The van der Waals surface area contributed by atoms with E-state index in [0.717, 1.165) is 96.3 Å². The van der Waals surface area contributed by atoms with E-state index in [1.807, 2.05) is 0 Å². The van der Waals surface area contributed by atoms with Gasteiger partial charge in [0.15, 0.2) is 6.10 Å². The molecule has 0 aliphatic rings. The number of carbonyl (C=O) groups excluding carboxylic acids is 3. The van der Waals surface area contributed by atoms with Crippen LogP contribution in [0, 0.1) is 0 Å². The van der Waals surface area contributed by atoms with Crippen molar-refractivity contribution in [1.82, 2.24) is 0 Å². The van der Waals surface area contributed by atoms with Crippen molar-refractivity contribution < 1.29 is 28.6 Å². The zero-order valence-corrected chi connectivity index (χ0v) is 41.1. The highest BCUT2D eigenvalue weighted by Gasteiger charge is 2.19. The molecule has 6 nitrogen and oxygen atoms in total. The quantitative estimate of drug-likeness (QED) is 0.0262. The number of esters is 3. The molecule has 360 valence electrons. The minimum atomic E-state index is -0.783. The summed E-state index contributed by atoms with van der Waals surface area (Å²) in [6, 6.07) is 0. The Kier molecular flexibility index (Phi) is 48.8. The van der Waals surface area contributed by atoms with E-state index in [4.69, 9.17) is 14.2 Å². The smallest absolute Gasteiger partial charge is 0.306 e. The summed E-state index contributed by atoms with van der Waals surface area (Å²) in [5.74, 6) is -0.905. The Hall–Kier alpha value is -2.63. The molecule has 0 aromatic rings. The average molecular weight is 869 g/mol. The van der Waals surface area contributed by atoms with E-state index in [-0.39, 0.29) is 31.1 Å². The first-order valence-corrected chi connectivity index (χ1v) is 26.6. The van der Waals surface area contributed by atoms with Gasteiger partial charge in [-0.3, -0.25) is 14.4 Å². The van der Waals surface area contributed by atoms with Crippen LogP contribution in [0.5, 0.6) is 0 Å². The second-order valence-electron chi connectivity index (χ2n) is 17.8. The Morgan fingerprint density at radius 1 is 0.323 bits per heavy atom. The molecule has 0 spiro atoms. The van der Waals surface area contributed by atoms with Gasteiger partial charge in [0.25, 0.3) is 0 Å². The summed E-state index contributed by atoms with van der Waals surface area (Å²) < 4.78 is 16.8. The summed E-state index contributed by atoms with van der Waals surface area (Å²) in [4.78, 5) is 38.0. The maximum atomic E-state index is 12.8. The van der Waals surface area contributed by atoms with Gasteiger partial charge >= 0.3 is 17.9 Å². The van der Waals surface area contributed by atoms with Crippen LogP contribution in [0.25, 0.3) is 0 Å². The van der Waals surface area contributed by atoms with E-state index in [0.29, 0.717) is 19.3 Å². The van der Waals surface area contributed by atoms with E-state index in [2.05, 4.69) is 69.4 Å². The molecule has 0 fully saturated rings. The monoisotopic (exact) mass is 869 g/mol. The van der Waals surface area contributed by atoms with Crippen LogP contribution in [0.3, 0.4) is 0 Å². The number of hydrogen-bond acceptors (Lipinski definition) is 6. The van der Waals surface area contributed by atoms with Crippen molar-refractivity contribution in [3.63, 3.8) is 0 Å². The molecule has 6 heteroatoms. The van der Waals surface area contributed by atoms with Gasteiger partial charge in [-0.1, -0.05) is 217 Å². The van der Waals surface area contributed by atoms with Gasteiger partial charge < -0.3 is 14.2 Å². The first-order chi connectivity index (χ1) is 30.5. The van der Waals surface area contributed by atoms with Crippen molar-refractivity contribution >= 4 is 17.9 Å². The molecule has 62 heavy (non-hydrogen) atoms. The molecule has 0 aliphatic carbocycles. The second kappa shape index (κ2) is 51.0. The van der Waals surface area contributed by atoms with Gasteiger partial charge in [-0.05, 0) is 83.5 Å². The third-order valence-electron chi connectivity index (χ3n) is 11.6. The lowest BCUT2D eigenvalue weighted by molar-refractivity contribution is -0.167. The minimum Gasteiger partial charge on any atom is -0.462 e. The van der Waals surface area contributed by atoms with Gasteiger partial charge in [0.05, 0.1) is 0 Å². The number of unbranched alkanes of at least 4 members (excludes halogenated alkanes) is 29. The lowest BCUT2D eigenvalue weighted by atomic mass is 10.1. The molecule has 0 rings (SSSR count). The molecule has 0 saturated heterocycles. The predicted octanol–water partition coefficient (Wildman–Crippen LogP) is 17.5. The Morgan fingerprint density at radius 2 is 0.581 bits per heavy atom. The third-order valence-corrected chi connectivity index (χ3v) is 11.6. The second-order valence-corrected chi connectivity index (χ2v) is 17.8. The van der Waals surface area contributed by atoms with Crippen molar-refractivity contribution in [3.05, 3.63) is 48.6 Å². The fourth-order valence-corrected chi connectivity index (χ4v) is 7.50. The molecule has 0 N–H and O–H groups in total. The number of allylic oxidation sites excluding steroid dienone is 8. The Bertz CT molecular complexity index is 1090. The highest BCUT2D eigenvalue weighted by molar-refractivity contribution is 5.71. The van der Waals surface area contributed by atoms with E-state index < -0.39 is 6.10 Å². The maximum Gasteiger partial charge on any atom is 0.306 e. The summed E-state index contributed by atoms with van der Waals surface area (Å²) >= 11 is 0. The Morgan fingerprint density at radius 3 is 0.952 bits per heavy atom. The first-order valence-electron chi connectivity index (χ1n) is 26.6. The predicted molar refractivity (Wildman–Crippen MR) is 265 cm³/mol. The normalized spacial score (nSPS) is 12.4. The van der Waals surface area contributed by atoms with Crippen molar-refractivity contribution in [2.24, 2.45) is 0 Å². The highest BCUT2D eigenvalue weighted by atomic mass is 16.6. The van der Waals surface area contributed by atoms with Gasteiger partial charge in [0.1, 0.15) is 13.2 Å². The van der Waals surface area contributed by atoms with Gasteiger partial charge in [-0.25, -0.2) is 0 Å². The van der Waals surface area contributed by atoms with Gasteiger partial charge in [0.2, 0.25) is 0 Å². The van der Waals surface area contributed by atoms with Crippen LogP contribution in [0.1, 0.15) is 271 Å². The van der Waals surface area contributed by atoms with Gasteiger partial charge in [0, 0.05) is 19.3 Å². The van der Waals surface area contributed by atoms with Crippen molar-refractivity contribution in [2.75, 3.05) is 13.2 Å². The van der Waals surface area contributed by atoms with Crippen LogP contribution < -0.4 is 0 Å². The van der Waals surface area contributed by atoms with Crippen molar-refractivity contribution in [3.8, 4) is 0 Å². The molecule has 0 amide bonds. The fourth-order valence-electron chi connectivity index (χ4n) is 7.50. The summed E-state index contributed by atoms with van der Waals surface area (Å²) in [6.07, 6.45) is 60.9. The molecular weight excluding hydrogens is 769 g/mol. The van der Waals surface area contributed by atoms with Crippen LogP contribution in [0.15, 0.2) is 48.6 Å². The summed E-state index contributed by atoms with van der Waals surface area (Å²) in [5, 5.41) is 0. The molecule has 0 aliphatic heterocycles. The third kappa shape index (κ3) is 48.4. The first kappa shape index (κ1) is 59.4. The number of rotatable bonds is 48. The standard InChI is InChI=1S/C56H100O6/c1-4-7-10-13-16-19-22-24-26-28-30-31-34-37-40-43-46-49-55(58)61-52-53(51-60-54(57)48-45-42-39-36-33-21-18-15-12-9-6-3)62-56(59)50-47-44-41-38-35-32-29-27-25-23-20-17-14-11-8-5-2/h16,19,24,26-27,29-31,53H,4-15,17-18,20-23,25,28,32-52H2,1-3H3/b19-16-,26-24-,29-27-,31-30-/t53-/m1/s1. The lowest BCUT2D eigenvalue weighted by Crippen LogP contribution is -2.30. The lowest BCUT2D eigenvalue weighted by Gasteiger charge is -2.18. The molecule has 0 radical (unpaired) electrons. The summed E-state index contributed by atoms with van der Waals surface area (Å²) in [5.41, 5.74) is 0. The van der Waals surface area contributed by atoms with Crippen LogP contribution in [0.2, 0.25) is 0 Å². The van der Waals surface area contributed by atoms with E-state index in [9.17, 15) is 14.4 Å². The molecule has 0 bridgehead atoms. The van der Waals surface area contributed by atoms with E-state index in [1.165, 1.54) is 135 Å². The molecule has 0 aromatic carbocycles. The largest absolute Gasteiger partial charge is 0.462 e. The maximum absolute atomic E-state index is 12.8. The topological polar surface area (TPSA) is 78.9 Å². The van der Waals surface area contributed by atoms with Crippen molar-refractivity contribution in [2.45, 2.75) is 277 Å². The number of carbonyl (C=O) groups is 3. The fraction of sp³-hybridized carbons (Fsp3) is 0.804. The summed E-state index contributed by atoms with van der Waals surface area (Å²) in [7, 11) is 0. The molecule has 1 atom stereocenters. The summed E-state index contributed by atoms with van der Waals surface area (Å²) in [6.45, 7) is 6.59. The van der Waals surface area contributed by atoms with Gasteiger partial charge in [-0.2, -0.15) is 0 Å². The molecule has 0 unspecified atom stereocenters. The van der Waals surface area contributed by atoms with E-state index in [1.54, 1.807) is 0 Å². The molecule has 0 aromatic heterocycles. The van der Waals surface area contributed by atoms with Crippen LogP contribution >= 0.6 is 0 Å². The SMILES string of the molecule is CCCCC/C=C\C/C=C\C/C=C\CCCCCCC(=O)OC[C@@H](COC(=O)CCCCCCCCCCCCC)OC(=O)CCCCCCC/C=C\CCCCCCCCC. The molecular formula is C56H100O6. The average Bonchev–Trinajstić information content (AvgIpc) is 3.27. The molecule has 0 saturated carbocycles. The van der Waals surface area contributed by atoms with Crippen LogP contribution in [0.4, 0.5) is 0 Å². The zero-order chi connectivity index (χ0) is 45.1. The van der Waals surface area contributed by atoms with Crippen LogP contribution in [-0.4, -0.2) is 37.2 Å². The van der Waals surface area contributed by atoms with Crippen molar-refractivity contribution in [1.29, 1.82) is 0 Å². The Balaban J connectivity index is 4.40. The zero-order valence-electron chi connectivity index (χ0n) is 41.1.